The van der Waals surface area contributed by atoms with Gasteiger partial charge in [0.05, 0.1) is 5.92 Å². The zero-order chi connectivity index (χ0) is 15.4. The van der Waals surface area contributed by atoms with Crippen LogP contribution in [0, 0.1) is 5.92 Å². The largest absolute Gasteiger partial charge is 0.481 e. The molecule has 2 heterocycles. The molecule has 1 aliphatic heterocycles. The Balaban J connectivity index is 1.93. The maximum absolute atomic E-state index is 12.1. The van der Waals surface area contributed by atoms with Crippen molar-refractivity contribution >= 4 is 28.5 Å². The summed E-state index contributed by atoms with van der Waals surface area (Å²) in [7, 11) is 0. The van der Waals surface area contributed by atoms with E-state index in [-0.39, 0.29) is 12.6 Å². The minimum absolute atomic E-state index is 0.249. The summed E-state index contributed by atoms with van der Waals surface area (Å²) < 4.78 is 0. The molecule has 1 fully saturated rings. The molecule has 8 heteroatoms. The summed E-state index contributed by atoms with van der Waals surface area (Å²) in [5.74, 6) is -0.946. The second-order valence-electron chi connectivity index (χ2n) is 5.16. The summed E-state index contributed by atoms with van der Waals surface area (Å²) in [6.45, 7) is 4.91. The molecule has 0 spiro atoms. The van der Waals surface area contributed by atoms with Gasteiger partial charge in [-0.15, -0.1) is 10.2 Å². The molecule has 2 N–H and O–H groups in total. The van der Waals surface area contributed by atoms with Gasteiger partial charge in [-0.2, -0.15) is 0 Å². The molecule has 2 amide bonds. The summed E-state index contributed by atoms with van der Waals surface area (Å²) in [6.07, 6.45) is 2.48. The fourth-order valence-corrected chi connectivity index (χ4v) is 3.40. The van der Waals surface area contributed by atoms with Crippen molar-refractivity contribution in [2.75, 3.05) is 18.4 Å². The molecular weight excluding hydrogens is 292 g/mol. The van der Waals surface area contributed by atoms with Crippen LogP contribution in [0.1, 0.15) is 44.0 Å². The molecule has 1 aromatic heterocycles. The number of aromatic nitrogens is 2. The Morgan fingerprint density at radius 2 is 2.14 bits per heavy atom. The smallest absolute Gasteiger partial charge is 0.323 e. The van der Waals surface area contributed by atoms with Gasteiger partial charge in [0.1, 0.15) is 5.01 Å². The third-order valence-corrected chi connectivity index (χ3v) is 4.82. The van der Waals surface area contributed by atoms with Crippen molar-refractivity contribution in [1.29, 1.82) is 0 Å². The Labute approximate surface area is 127 Å². The van der Waals surface area contributed by atoms with Crippen LogP contribution in [0.5, 0.6) is 0 Å². The van der Waals surface area contributed by atoms with Gasteiger partial charge in [-0.3, -0.25) is 10.1 Å². The van der Waals surface area contributed by atoms with Gasteiger partial charge >= 0.3 is 12.0 Å². The lowest BCUT2D eigenvalue weighted by atomic mass is 10.1. The van der Waals surface area contributed by atoms with E-state index in [4.69, 9.17) is 5.11 Å². The van der Waals surface area contributed by atoms with Crippen LogP contribution in [0.3, 0.4) is 0 Å². The molecular formula is C13H20N4O3S. The first-order chi connectivity index (χ1) is 10.0. The third kappa shape index (κ3) is 3.69. The van der Waals surface area contributed by atoms with Crippen molar-refractivity contribution in [2.24, 2.45) is 5.92 Å². The SMILES string of the molecule is CCC(CC)c1nnc(NC(=O)N2CCC(C(=O)O)C2)s1. The number of nitrogens with one attached hydrogen (secondary N) is 1. The van der Waals surface area contributed by atoms with Crippen molar-refractivity contribution in [3.8, 4) is 0 Å². The van der Waals surface area contributed by atoms with Crippen LogP contribution < -0.4 is 5.32 Å². The number of carbonyl (C=O) groups is 2. The van der Waals surface area contributed by atoms with Crippen LogP contribution in [0.25, 0.3) is 0 Å². The Hall–Kier alpha value is -1.70. The highest BCUT2D eigenvalue weighted by molar-refractivity contribution is 7.15. The third-order valence-electron chi connectivity index (χ3n) is 3.81. The molecule has 21 heavy (non-hydrogen) atoms. The van der Waals surface area contributed by atoms with Crippen molar-refractivity contribution in [3.63, 3.8) is 0 Å². The number of hydrogen-bond donors (Lipinski definition) is 2. The molecule has 0 aliphatic carbocycles. The number of amides is 2. The normalized spacial score (nSPS) is 18.2. The van der Waals surface area contributed by atoms with Crippen LogP contribution in [-0.2, 0) is 4.79 Å². The van der Waals surface area contributed by atoms with E-state index in [9.17, 15) is 9.59 Å². The van der Waals surface area contributed by atoms with E-state index in [2.05, 4.69) is 29.4 Å². The standard InChI is InChI=1S/C13H20N4O3S/c1-3-8(4-2)10-15-16-12(21-10)14-13(20)17-6-5-9(7-17)11(18)19/h8-9H,3-7H2,1-2H3,(H,18,19)(H,14,16,20). The van der Waals surface area contributed by atoms with Gasteiger partial charge in [0.15, 0.2) is 0 Å². The van der Waals surface area contributed by atoms with Crippen molar-refractivity contribution < 1.29 is 14.7 Å². The Morgan fingerprint density at radius 3 is 2.71 bits per heavy atom. The monoisotopic (exact) mass is 312 g/mol. The average Bonchev–Trinajstić information content (AvgIpc) is 3.09. The topological polar surface area (TPSA) is 95.4 Å². The number of nitrogens with zero attached hydrogens (tertiary/aromatic N) is 3. The first-order valence-corrected chi connectivity index (χ1v) is 7.98. The Bertz CT molecular complexity index is 515. The van der Waals surface area contributed by atoms with E-state index < -0.39 is 11.9 Å². The number of likely N-dealkylation sites (tertiary alicyclic amines) is 1. The van der Waals surface area contributed by atoms with E-state index in [1.807, 2.05) is 0 Å². The zero-order valence-electron chi connectivity index (χ0n) is 12.2. The van der Waals surface area contributed by atoms with Crippen LogP contribution in [-0.4, -0.2) is 45.3 Å². The number of anilines is 1. The molecule has 1 saturated heterocycles. The van der Waals surface area contributed by atoms with E-state index >= 15 is 0 Å². The Morgan fingerprint density at radius 1 is 1.43 bits per heavy atom. The minimum atomic E-state index is -0.850. The number of carboxylic acids is 1. The van der Waals surface area contributed by atoms with Crippen molar-refractivity contribution in [1.82, 2.24) is 15.1 Å². The molecule has 0 bridgehead atoms. The second-order valence-corrected chi connectivity index (χ2v) is 6.17. The molecule has 2 rings (SSSR count). The van der Waals surface area contributed by atoms with E-state index in [1.54, 1.807) is 0 Å². The van der Waals surface area contributed by atoms with Crippen LogP contribution in [0.4, 0.5) is 9.93 Å². The first kappa shape index (κ1) is 15.7. The lowest BCUT2D eigenvalue weighted by molar-refractivity contribution is -0.141. The van der Waals surface area contributed by atoms with Crippen molar-refractivity contribution in [3.05, 3.63) is 5.01 Å². The van der Waals surface area contributed by atoms with Gasteiger partial charge in [0, 0.05) is 19.0 Å². The maximum atomic E-state index is 12.1. The number of urea groups is 1. The second kappa shape index (κ2) is 6.84. The molecule has 0 aromatic carbocycles. The average molecular weight is 312 g/mol. The number of rotatable bonds is 5. The van der Waals surface area contributed by atoms with Crippen LogP contribution >= 0.6 is 11.3 Å². The molecule has 1 atom stereocenters. The quantitative estimate of drug-likeness (QED) is 0.870. The lowest BCUT2D eigenvalue weighted by Gasteiger charge is -2.15. The summed E-state index contributed by atoms with van der Waals surface area (Å²) in [4.78, 5) is 24.5. The van der Waals surface area contributed by atoms with Crippen LogP contribution in [0.2, 0.25) is 0 Å². The van der Waals surface area contributed by atoms with Gasteiger partial charge < -0.3 is 10.0 Å². The molecule has 1 aromatic rings. The lowest BCUT2D eigenvalue weighted by Crippen LogP contribution is -2.33. The molecule has 0 saturated carbocycles. The van der Waals surface area contributed by atoms with Crippen molar-refractivity contribution in [2.45, 2.75) is 39.0 Å². The fourth-order valence-electron chi connectivity index (χ4n) is 2.40. The number of carbonyl (C=O) groups excluding carboxylic acids is 1. The highest BCUT2D eigenvalue weighted by Crippen LogP contribution is 2.28. The summed E-state index contributed by atoms with van der Waals surface area (Å²) in [6, 6.07) is -0.300. The highest BCUT2D eigenvalue weighted by atomic mass is 32.1. The zero-order valence-corrected chi connectivity index (χ0v) is 13.0. The van der Waals surface area contributed by atoms with E-state index in [0.717, 1.165) is 17.8 Å². The Kier molecular flexibility index (Phi) is 5.11. The molecule has 1 aliphatic rings. The summed E-state index contributed by atoms with van der Waals surface area (Å²) in [5, 5.41) is 21.2. The van der Waals surface area contributed by atoms with Gasteiger partial charge in [-0.25, -0.2) is 4.79 Å². The summed E-state index contributed by atoms with van der Waals surface area (Å²) >= 11 is 1.39. The van der Waals surface area contributed by atoms with Gasteiger partial charge in [0.25, 0.3) is 0 Å². The van der Waals surface area contributed by atoms with E-state index in [0.29, 0.717) is 24.0 Å². The molecule has 1 unspecified atom stereocenters. The number of carboxylic acid groups (broad SMARTS) is 1. The number of aliphatic carboxylic acids is 1. The van der Waals surface area contributed by atoms with Gasteiger partial charge in [0.2, 0.25) is 5.13 Å². The molecule has 7 nitrogen and oxygen atoms in total. The van der Waals surface area contributed by atoms with Gasteiger partial charge in [-0.1, -0.05) is 25.2 Å². The van der Waals surface area contributed by atoms with E-state index in [1.165, 1.54) is 16.2 Å². The number of hydrogen-bond acceptors (Lipinski definition) is 5. The highest BCUT2D eigenvalue weighted by Gasteiger charge is 2.31. The maximum Gasteiger partial charge on any atom is 0.323 e. The molecule has 0 radical (unpaired) electrons. The van der Waals surface area contributed by atoms with Gasteiger partial charge in [-0.05, 0) is 19.3 Å². The first-order valence-electron chi connectivity index (χ1n) is 7.17. The minimum Gasteiger partial charge on any atom is -0.481 e. The summed E-state index contributed by atoms with van der Waals surface area (Å²) in [5.41, 5.74) is 0. The fraction of sp³-hybridized carbons (Fsp3) is 0.692. The predicted molar refractivity (Wildman–Crippen MR) is 79.6 cm³/mol. The van der Waals surface area contributed by atoms with Crippen LogP contribution in [0.15, 0.2) is 0 Å². The predicted octanol–water partition coefficient (Wildman–Crippen LogP) is 2.38. The molecule has 116 valence electrons.